The molecule has 0 saturated carbocycles. The smallest absolute Gasteiger partial charge is 0.260 e. The van der Waals surface area contributed by atoms with Gasteiger partial charge in [0.05, 0.1) is 5.56 Å². The molecule has 0 aliphatic carbocycles. The third kappa shape index (κ3) is 3.89. The fourth-order valence-electron chi connectivity index (χ4n) is 3.32. The van der Waals surface area contributed by atoms with Gasteiger partial charge in [0.1, 0.15) is 17.6 Å². The number of nitrogens with zero attached hydrogens (tertiary/aromatic N) is 4. The van der Waals surface area contributed by atoms with Crippen LogP contribution in [0.3, 0.4) is 0 Å². The zero-order chi connectivity index (χ0) is 19.3. The molecule has 0 radical (unpaired) electrons. The zero-order valence-electron chi connectivity index (χ0n) is 15.4. The molecule has 4 rings (SSSR count). The highest BCUT2D eigenvalue weighted by atomic mass is 16.5. The molecule has 140 valence electrons. The zero-order valence-corrected chi connectivity index (χ0v) is 15.4. The van der Waals surface area contributed by atoms with E-state index < -0.39 is 0 Å². The lowest BCUT2D eigenvalue weighted by Crippen LogP contribution is -2.50. The lowest BCUT2D eigenvalue weighted by Gasteiger charge is -2.35. The van der Waals surface area contributed by atoms with Crippen molar-refractivity contribution in [2.24, 2.45) is 0 Å². The molecule has 0 bridgehead atoms. The highest BCUT2D eigenvalue weighted by molar-refractivity contribution is 5.84. The summed E-state index contributed by atoms with van der Waals surface area (Å²) in [6, 6.07) is 19.6. The first-order valence-electron chi connectivity index (χ1n) is 9.23. The van der Waals surface area contributed by atoms with E-state index in [0.717, 1.165) is 16.6 Å². The van der Waals surface area contributed by atoms with Crippen LogP contribution in [0.4, 0.5) is 5.82 Å². The number of carbonyl (C=O) groups is 1. The summed E-state index contributed by atoms with van der Waals surface area (Å²) in [5, 5.41) is 11.1. The van der Waals surface area contributed by atoms with Crippen LogP contribution in [0.1, 0.15) is 5.56 Å². The molecule has 1 amide bonds. The minimum atomic E-state index is -0.0133. The number of rotatable bonds is 4. The number of aromatic nitrogens is 1. The molecule has 1 fully saturated rings. The number of hydrogen-bond acceptors (Lipinski definition) is 5. The van der Waals surface area contributed by atoms with Crippen LogP contribution in [0.2, 0.25) is 0 Å². The number of carbonyl (C=O) groups excluding carboxylic acids is 1. The molecule has 6 nitrogen and oxygen atoms in total. The van der Waals surface area contributed by atoms with E-state index in [2.05, 4.69) is 16.0 Å². The third-order valence-electron chi connectivity index (χ3n) is 4.92. The van der Waals surface area contributed by atoms with Crippen LogP contribution in [-0.2, 0) is 4.79 Å². The molecular formula is C22H20N4O2. The summed E-state index contributed by atoms with van der Waals surface area (Å²) in [6.45, 7) is 2.71. The number of nitriles is 1. The van der Waals surface area contributed by atoms with Gasteiger partial charge in [-0.25, -0.2) is 4.98 Å². The Bertz CT molecular complexity index is 1020. The van der Waals surface area contributed by atoms with Crippen molar-refractivity contribution in [1.29, 1.82) is 5.26 Å². The minimum absolute atomic E-state index is 0.0133. The van der Waals surface area contributed by atoms with Crippen molar-refractivity contribution in [2.75, 3.05) is 37.7 Å². The molecular weight excluding hydrogens is 352 g/mol. The number of ether oxygens (including phenoxy) is 1. The number of pyridine rings is 1. The van der Waals surface area contributed by atoms with E-state index in [1.165, 1.54) is 0 Å². The predicted octanol–water partition coefficient (Wildman–Crippen LogP) is 2.83. The van der Waals surface area contributed by atoms with Gasteiger partial charge >= 0.3 is 0 Å². The van der Waals surface area contributed by atoms with Crippen LogP contribution in [0, 0.1) is 11.3 Å². The van der Waals surface area contributed by atoms with E-state index in [-0.39, 0.29) is 12.5 Å². The third-order valence-corrected chi connectivity index (χ3v) is 4.92. The molecule has 0 N–H and O–H groups in total. The van der Waals surface area contributed by atoms with E-state index in [4.69, 9.17) is 10.00 Å². The molecule has 28 heavy (non-hydrogen) atoms. The van der Waals surface area contributed by atoms with E-state index in [0.29, 0.717) is 37.5 Å². The van der Waals surface area contributed by atoms with Crippen molar-refractivity contribution in [3.63, 3.8) is 0 Å². The summed E-state index contributed by atoms with van der Waals surface area (Å²) in [5.74, 6) is 1.52. The Morgan fingerprint density at radius 1 is 1.04 bits per heavy atom. The molecule has 0 atom stereocenters. The molecule has 3 aromatic rings. The van der Waals surface area contributed by atoms with Crippen LogP contribution in [0.15, 0.2) is 60.8 Å². The van der Waals surface area contributed by atoms with Gasteiger partial charge in [-0.15, -0.1) is 0 Å². The highest BCUT2D eigenvalue weighted by Gasteiger charge is 2.22. The summed E-state index contributed by atoms with van der Waals surface area (Å²) < 4.78 is 5.72. The van der Waals surface area contributed by atoms with E-state index in [9.17, 15) is 4.79 Å². The Hall–Kier alpha value is -3.59. The molecule has 1 aromatic heterocycles. The molecule has 2 aromatic carbocycles. The maximum absolute atomic E-state index is 12.5. The Morgan fingerprint density at radius 2 is 1.82 bits per heavy atom. The van der Waals surface area contributed by atoms with Gasteiger partial charge < -0.3 is 14.5 Å². The predicted molar refractivity (Wildman–Crippen MR) is 107 cm³/mol. The number of benzene rings is 2. The second-order valence-corrected chi connectivity index (χ2v) is 6.68. The van der Waals surface area contributed by atoms with Gasteiger partial charge in [-0.2, -0.15) is 5.26 Å². The summed E-state index contributed by atoms with van der Waals surface area (Å²) in [6.07, 6.45) is 1.57. The number of piperazine rings is 1. The Labute approximate surface area is 163 Å². The van der Waals surface area contributed by atoms with Crippen molar-refractivity contribution in [1.82, 2.24) is 9.88 Å². The normalized spacial score (nSPS) is 14.0. The number of amides is 1. The summed E-state index contributed by atoms with van der Waals surface area (Å²) in [7, 11) is 0. The van der Waals surface area contributed by atoms with Gasteiger partial charge in [0.25, 0.3) is 5.91 Å². The van der Waals surface area contributed by atoms with E-state index in [1.807, 2.05) is 53.4 Å². The van der Waals surface area contributed by atoms with Gasteiger partial charge in [0.15, 0.2) is 6.61 Å². The molecule has 1 aliphatic rings. The molecule has 1 aliphatic heterocycles. The summed E-state index contributed by atoms with van der Waals surface area (Å²) in [4.78, 5) is 20.8. The minimum Gasteiger partial charge on any atom is -0.484 e. The molecule has 0 unspecified atom stereocenters. The summed E-state index contributed by atoms with van der Waals surface area (Å²) >= 11 is 0. The van der Waals surface area contributed by atoms with Gasteiger partial charge in [-0.1, -0.05) is 30.3 Å². The van der Waals surface area contributed by atoms with Crippen LogP contribution < -0.4 is 9.64 Å². The topological polar surface area (TPSA) is 69.5 Å². The second kappa shape index (κ2) is 7.97. The first-order chi connectivity index (χ1) is 13.7. The first-order valence-corrected chi connectivity index (χ1v) is 9.23. The number of anilines is 1. The maximum atomic E-state index is 12.5. The quantitative estimate of drug-likeness (QED) is 0.704. The Kier molecular flexibility index (Phi) is 5.07. The fraction of sp³-hybridized carbons (Fsp3) is 0.227. The largest absolute Gasteiger partial charge is 0.484 e. The van der Waals surface area contributed by atoms with Gasteiger partial charge in [0.2, 0.25) is 0 Å². The van der Waals surface area contributed by atoms with E-state index >= 15 is 0 Å². The average Bonchev–Trinajstić information content (AvgIpc) is 2.77. The highest BCUT2D eigenvalue weighted by Crippen LogP contribution is 2.21. The van der Waals surface area contributed by atoms with Crippen molar-refractivity contribution in [3.05, 3.63) is 66.4 Å². The van der Waals surface area contributed by atoms with Crippen molar-refractivity contribution in [3.8, 4) is 11.8 Å². The molecule has 0 spiro atoms. The molecule has 6 heteroatoms. The Morgan fingerprint density at radius 3 is 2.54 bits per heavy atom. The van der Waals surface area contributed by atoms with Crippen LogP contribution in [0.5, 0.6) is 5.75 Å². The molecule has 1 saturated heterocycles. The van der Waals surface area contributed by atoms with Gasteiger partial charge in [-0.3, -0.25) is 4.79 Å². The number of fused-ring (bicyclic) bond motifs is 1. The summed E-state index contributed by atoms with van der Waals surface area (Å²) in [5.41, 5.74) is 0.545. The van der Waals surface area contributed by atoms with E-state index in [1.54, 1.807) is 12.3 Å². The van der Waals surface area contributed by atoms with Gasteiger partial charge in [0, 0.05) is 32.4 Å². The molecule has 2 heterocycles. The standard InChI is InChI=1S/C22H20N4O2/c23-14-17-5-8-21(24-15-17)25-9-11-26(12-10-25)22(27)16-28-20-7-6-18-3-1-2-4-19(18)13-20/h1-8,13,15H,9-12,16H2. The number of hydrogen-bond donors (Lipinski definition) is 0. The van der Waals surface area contributed by atoms with Crippen LogP contribution >= 0.6 is 0 Å². The van der Waals surface area contributed by atoms with Crippen molar-refractivity contribution >= 4 is 22.5 Å². The first kappa shape index (κ1) is 17.8. The monoisotopic (exact) mass is 372 g/mol. The van der Waals surface area contributed by atoms with Gasteiger partial charge in [-0.05, 0) is 35.0 Å². The fourth-order valence-corrected chi connectivity index (χ4v) is 3.32. The van der Waals surface area contributed by atoms with Crippen molar-refractivity contribution in [2.45, 2.75) is 0 Å². The lowest BCUT2D eigenvalue weighted by atomic mass is 10.1. The SMILES string of the molecule is N#Cc1ccc(N2CCN(C(=O)COc3ccc4ccccc4c3)CC2)nc1. The van der Waals surface area contributed by atoms with Crippen LogP contribution in [0.25, 0.3) is 10.8 Å². The Balaban J connectivity index is 1.30. The van der Waals surface area contributed by atoms with Crippen LogP contribution in [-0.4, -0.2) is 48.6 Å². The average molecular weight is 372 g/mol. The second-order valence-electron chi connectivity index (χ2n) is 6.68. The maximum Gasteiger partial charge on any atom is 0.260 e. The van der Waals surface area contributed by atoms with Crippen molar-refractivity contribution < 1.29 is 9.53 Å². The lowest BCUT2D eigenvalue weighted by molar-refractivity contribution is -0.133.